The van der Waals surface area contributed by atoms with E-state index in [0.717, 1.165) is 42.7 Å². The van der Waals surface area contributed by atoms with Crippen molar-refractivity contribution >= 4 is 11.6 Å². The number of fused-ring (bicyclic) bond motifs is 2. The van der Waals surface area contributed by atoms with E-state index in [9.17, 15) is 18.0 Å². The van der Waals surface area contributed by atoms with Crippen molar-refractivity contribution in [3.8, 4) is 22.8 Å². The number of halogens is 3. The van der Waals surface area contributed by atoms with Crippen molar-refractivity contribution in [2.45, 2.75) is 51.2 Å². The zero-order valence-corrected chi connectivity index (χ0v) is 20.5. The van der Waals surface area contributed by atoms with Crippen LogP contribution in [-0.2, 0) is 6.18 Å². The van der Waals surface area contributed by atoms with E-state index in [2.05, 4.69) is 17.0 Å². The number of alkyl halides is 3. The first-order chi connectivity index (χ1) is 17.2. The molecule has 0 spiro atoms. The summed E-state index contributed by atoms with van der Waals surface area (Å²) in [5, 5.41) is 4.11. The highest BCUT2D eigenvalue weighted by Gasteiger charge is 2.41. The Hall–Kier alpha value is -3.30. The van der Waals surface area contributed by atoms with Gasteiger partial charge in [0.15, 0.2) is 28.5 Å². The van der Waals surface area contributed by atoms with Crippen LogP contribution in [0.25, 0.3) is 16.9 Å². The van der Waals surface area contributed by atoms with Crippen molar-refractivity contribution in [2.75, 3.05) is 20.8 Å². The van der Waals surface area contributed by atoms with Crippen molar-refractivity contribution in [1.29, 1.82) is 0 Å². The topological polar surface area (TPSA) is 69.0 Å². The Morgan fingerprint density at radius 1 is 1.03 bits per heavy atom. The maximum atomic E-state index is 14.1. The second-order valence-electron chi connectivity index (χ2n) is 9.69. The van der Waals surface area contributed by atoms with Crippen molar-refractivity contribution in [1.82, 2.24) is 19.5 Å². The minimum Gasteiger partial charge on any atom is -0.493 e. The molecule has 7 nitrogen and oxygen atoms in total. The molecular weight excluding hydrogens is 473 g/mol. The van der Waals surface area contributed by atoms with Crippen molar-refractivity contribution in [3.63, 3.8) is 0 Å². The van der Waals surface area contributed by atoms with Gasteiger partial charge in [0.2, 0.25) is 0 Å². The molecule has 0 N–H and O–H groups in total. The average Bonchev–Trinajstić information content (AvgIpc) is 3.30. The van der Waals surface area contributed by atoms with Gasteiger partial charge < -0.3 is 14.4 Å². The van der Waals surface area contributed by atoms with Crippen LogP contribution in [0.4, 0.5) is 13.2 Å². The summed E-state index contributed by atoms with van der Waals surface area (Å²) in [6.45, 7) is 2.75. The van der Waals surface area contributed by atoms with Gasteiger partial charge in [-0.15, -0.1) is 0 Å². The molecule has 36 heavy (non-hydrogen) atoms. The van der Waals surface area contributed by atoms with E-state index >= 15 is 0 Å². The van der Waals surface area contributed by atoms with Crippen LogP contribution in [0.1, 0.15) is 55.2 Å². The van der Waals surface area contributed by atoms with Crippen LogP contribution in [0.2, 0.25) is 0 Å². The number of hydrogen-bond donors (Lipinski definition) is 0. The molecule has 3 heterocycles. The number of amides is 1. The molecule has 1 amide bonds. The predicted molar refractivity (Wildman–Crippen MR) is 127 cm³/mol. The average molecular weight is 503 g/mol. The fourth-order valence-electron chi connectivity index (χ4n) is 5.87. The monoisotopic (exact) mass is 502 g/mol. The summed E-state index contributed by atoms with van der Waals surface area (Å²) in [7, 11) is 2.93. The molecule has 2 aromatic heterocycles. The van der Waals surface area contributed by atoms with Gasteiger partial charge in [0.1, 0.15) is 0 Å². The lowest BCUT2D eigenvalue weighted by Crippen LogP contribution is -2.53. The molecule has 10 heteroatoms. The Bertz CT molecular complexity index is 1290. The molecule has 1 aliphatic carbocycles. The smallest absolute Gasteiger partial charge is 0.433 e. The Morgan fingerprint density at radius 2 is 1.78 bits per heavy atom. The molecular formula is C26H29F3N4O3. The number of carbonyl (C=O) groups excluding carboxylic acids is 1. The number of methoxy groups -OCH3 is 2. The normalized spacial score (nSPS) is 22.4. The standard InChI is InChI=1S/C26H29F3N4O3/c1-15-6-4-7-16-8-5-11-32(24(15)16)25(34)19-14-23-30-18(13-22(26(27,28)29)33(23)31-19)17-9-10-20(35-2)21(12-17)36-3/h9-10,12-16,24H,4-8,11H2,1-3H3. The van der Waals surface area contributed by atoms with Crippen LogP contribution in [0.3, 0.4) is 0 Å². The second-order valence-corrected chi connectivity index (χ2v) is 9.69. The summed E-state index contributed by atoms with van der Waals surface area (Å²) in [4.78, 5) is 19.8. The summed E-state index contributed by atoms with van der Waals surface area (Å²) in [6.07, 6.45) is 0.549. The minimum absolute atomic E-state index is 0.0177. The summed E-state index contributed by atoms with van der Waals surface area (Å²) >= 11 is 0. The number of hydrogen-bond acceptors (Lipinski definition) is 5. The van der Waals surface area contributed by atoms with Gasteiger partial charge >= 0.3 is 6.18 Å². The first kappa shape index (κ1) is 24.4. The third-order valence-electron chi connectivity index (χ3n) is 7.51. The number of ether oxygens (including phenoxy) is 2. The molecule has 3 unspecified atom stereocenters. The molecule has 1 saturated carbocycles. The van der Waals surface area contributed by atoms with Crippen LogP contribution in [0.5, 0.6) is 11.5 Å². The summed E-state index contributed by atoms with van der Waals surface area (Å²) < 4.78 is 53.5. The Morgan fingerprint density at radius 3 is 2.50 bits per heavy atom. The maximum absolute atomic E-state index is 14.1. The van der Waals surface area contributed by atoms with Crippen molar-refractivity contribution < 1.29 is 27.4 Å². The first-order valence-electron chi connectivity index (χ1n) is 12.2. The highest BCUT2D eigenvalue weighted by atomic mass is 19.4. The van der Waals surface area contributed by atoms with Gasteiger partial charge in [-0.05, 0) is 61.8 Å². The van der Waals surface area contributed by atoms with Gasteiger partial charge in [0.05, 0.1) is 19.9 Å². The Kier molecular flexibility index (Phi) is 6.30. The van der Waals surface area contributed by atoms with Crippen molar-refractivity contribution in [3.05, 3.63) is 41.7 Å². The van der Waals surface area contributed by atoms with E-state index in [4.69, 9.17) is 9.47 Å². The van der Waals surface area contributed by atoms with Gasteiger partial charge in [0.25, 0.3) is 5.91 Å². The Balaban J connectivity index is 1.57. The SMILES string of the molecule is COc1ccc(-c2cc(C(F)(F)F)n3nc(C(=O)N4CCCC5CCCC(C)C54)cc3n2)cc1OC. The molecule has 2 fully saturated rings. The van der Waals surface area contributed by atoms with Gasteiger partial charge in [-0.3, -0.25) is 4.79 Å². The van der Waals surface area contributed by atoms with Crippen LogP contribution in [0.15, 0.2) is 30.3 Å². The number of benzene rings is 1. The molecule has 192 valence electrons. The van der Waals surface area contributed by atoms with E-state index in [1.54, 1.807) is 18.2 Å². The molecule has 1 aromatic carbocycles. The third kappa shape index (κ3) is 4.26. The maximum Gasteiger partial charge on any atom is 0.433 e. The summed E-state index contributed by atoms with van der Waals surface area (Å²) in [5.74, 6) is 1.28. The molecule has 1 aliphatic heterocycles. The largest absolute Gasteiger partial charge is 0.493 e. The lowest BCUT2D eigenvalue weighted by atomic mass is 9.73. The Labute approximate surface area is 207 Å². The number of carbonyl (C=O) groups is 1. The van der Waals surface area contributed by atoms with Gasteiger partial charge in [-0.1, -0.05) is 13.3 Å². The lowest BCUT2D eigenvalue weighted by Gasteiger charge is -2.47. The molecule has 5 rings (SSSR count). The summed E-state index contributed by atoms with van der Waals surface area (Å²) in [6, 6.07) is 7.19. The van der Waals surface area contributed by atoms with E-state index in [0.29, 0.717) is 35.4 Å². The quantitative estimate of drug-likeness (QED) is 0.473. The van der Waals surface area contributed by atoms with E-state index in [-0.39, 0.29) is 29.0 Å². The van der Waals surface area contributed by atoms with Crippen molar-refractivity contribution in [2.24, 2.45) is 11.8 Å². The highest BCUT2D eigenvalue weighted by molar-refractivity contribution is 5.93. The van der Waals surface area contributed by atoms with E-state index < -0.39 is 11.9 Å². The van der Waals surface area contributed by atoms with Crippen LogP contribution in [0, 0.1) is 11.8 Å². The number of rotatable bonds is 4. The number of nitrogens with zero attached hydrogens (tertiary/aromatic N) is 4. The van der Waals surface area contributed by atoms with Gasteiger partial charge in [-0.25, -0.2) is 9.50 Å². The molecule has 3 aromatic rings. The highest BCUT2D eigenvalue weighted by Crippen LogP contribution is 2.40. The summed E-state index contributed by atoms with van der Waals surface area (Å²) in [5.41, 5.74) is -0.545. The van der Waals surface area contributed by atoms with Crippen LogP contribution < -0.4 is 9.47 Å². The second kappa shape index (κ2) is 9.29. The molecule has 3 atom stereocenters. The van der Waals surface area contributed by atoms with E-state index in [1.807, 2.05) is 4.90 Å². The van der Waals surface area contributed by atoms with E-state index in [1.165, 1.54) is 20.3 Å². The lowest BCUT2D eigenvalue weighted by molar-refractivity contribution is -0.142. The number of likely N-dealkylation sites (tertiary alicyclic amines) is 1. The molecule has 2 aliphatic rings. The van der Waals surface area contributed by atoms with Gasteiger partial charge in [-0.2, -0.15) is 18.3 Å². The zero-order valence-electron chi connectivity index (χ0n) is 20.5. The molecule has 0 radical (unpaired) electrons. The minimum atomic E-state index is -4.70. The number of aromatic nitrogens is 3. The van der Waals surface area contributed by atoms with Crippen LogP contribution in [-0.4, -0.2) is 52.2 Å². The fourth-order valence-corrected chi connectivity index (χ4v) is 5.87. The third-order valence-corrected chi connectivity index (χ3v) is 7.51. The van der Waals surface area contributed by atoms with Crippen LogP contribution >= 0.6 is 0 Å². The predicted octanol–water partition coefficient (Wildman–Crippen LogP) is 5.47. The molecule has 1 saturated heterocycles. The molecule has 0 bridgehead atoms. The fraction of sp³-hybridized carbons (Fsp3) is 0.500. The number of piperidine rings is 1. The first-order valence-corrected chi connectivity index (χ1v) is 12.2. The van der Waals surface area contributed by atoms with Gasteiger partial charge in [0, 0.05) is 24.2 Å². The zero-order chi connectivity index (χ0) is 25.6.